The van der Waals surface area contributed by atoms with Gasteiger partial charge in [0.2, 0.25) is 0 Å². The summed E-state index contributed by atoms with van der Waals surface area (Å²) in [6.07, 6.45) is 4.69. The molecule has 1 heterocycles. The zero-order chi connectivity index (χ0) is 14.7. The number of ether oxygens (including phenoxy) is 1. The maximum Gasteiger partial charge on any atom is 0.321 e. The summed E-state index contributed by atoms with van der Waals surface area (Å²) in [7, 11) is 1.53. The van der Waals surface area contributed by atoms with Crippen molar-refractivity contribution < 1.29 is 4.74 Å². The van der Waals surface area contributed by atoms with Crippen LogP contribution in [0.3, 0.4) is 0 Å². The summed E-state index contributed by atoms with van der Waals surface area (Å²) in [6.45, 7) is 5.77. The van der Waals surface area contributed by atoms with Crippen LogP contribution in [0.1, 0.15) is 5.56 Å². The molecule has 0 fully saturated rings. The van der Waals surface area contributed by atoms with Gasteiger partial charge in [-0.3, -0.25) is 14.2 Å². The molecule has 2 aromatic rings. The predicted molar refractivity (Wildman–Crippen MR) is 77.8 cm³/mol. The summed E-state index contributed by atoms with van der Waals surface area (Å²) in [5.41, 5.74) is 0.331. The number of hydrogen-bond acceptors (Lipinski definition) is 3. The highest BCUT2D eigenvalue weighted by atomic mass is 16.5. The number of aryl methyl sites for hydroxylation is 1. The molecule has 0 N–H and O–H groups in total. The highest BCUT2D eigenvalue weighted by Gasteiger charge is 2.10. The fourth-order valence-corrected chi connectivity index (χ4v) is 1.97. The zero-order valence-corrected chi connectivity index (χ0v) is 11.5. The Bertz CT molecular complexity index is 756. The molecule has 104 valence electrons. The molecule has 5 heteroatoms. The molecule has 0 radical (unpaired) electrons. The van der Waals surface area contributed by atoms with E-state index < -0.39 is 11.1 Å². The summed E-state index contributed by atoms with van der Waals surface area (Å²) in [4.78, 5) is 24.2. The normalized spacial score (nSPS) is 10.3. The number of benzene rings is 1. The molecular formula is C15H16N2O3. The SMILES string of the molecule is C=CCn1ccn(-c2cc(C)ccc2OC)c(=O)c1=O. The van der Waals surface area contributed by atoms with Crippen molar-refractivity contribution in [2.24, 2.45) is 0 Å². The maximum atomic E-state index is 12.2. The average Bonchev–Trinajstić information content (AvgIpc) is 2.44. The van der Waals surface area contributed by atoms with Crippen LogP contribution in [0, 0.1) is 6.92 Å². The van der Waals surface area contributed by atoms with E-state index in [1.165, 1.54) is 16.2 Å². The molecule has 0 saturated heterocycles. The van der Waals surface area contributed by atoms with E-state index in [0.717, 1.165) is 5.56 Å². The van der Waals surface area contributed by atoms with E-state index in [4.69, 9.17) is 4.74 Å². The van der Waals surface area contributed by atoms with Gasteiger partial charge in [-0.05, 0) is 24.6 Å². The molecule has 20 heavy (non-hydrogen) atoms. The lowest BCUT2D eigenvalue weighted by Crippen LogP contribution is -2.39. The van der Waals surface area contributed by atoms with Gasteiger partial charge in [-0.2, -0.15) is 0 Å². The first kappa shape index (κ1) is 13.9. The van der Waals surface area contributed by atoms with Crippen LogP contribution in [0.2, 0.25) is 0 Å². The number of aromatic nitrogens is 2. The van der Waals surface area contributed by atoms with Crippen LogP contribution in [-0.4, -0.2) is 16.2 Å². The van der Waals surface area contributed by atoms with Crippen molar-refractivity contribution in [1.29, 1.82) is 0 Å². The Morgan fingerprint density at radius 2 is 2.00 bits per heavy atom. The lowest BCUT2D eigenvalue weighted by atomic mass is 10.2. The van der Waals surface area contributed by atoms with Gasteiger partial charge < -0.3 is 9.30 Å². The van der Waals surface area contributed by atoms with Gasteiger partial charge in [0.15, 0.2) is 0 Å². The van der Waals surface area contributed by atoms with Crippen molar-refractivity contribution in [1.82, 2.24) is 9.13 Å². The summed E-state index contributed by atoms with van der Waals surface area (Å²) >= 11 is 0. The van der Waals surface area contributed by atoms with Crippen LogP contribution >= 0.6 is 0 Å². The van der Waals surface area contributed by atoms with Crippen LogP contribution in [0.4, 0.5) is 0 Å². The second kappa shape index (κ2) is 5.61. The second-order valence-electron chi connectivity index (χ2n) is 4.39. The minimum atomic E-state index is -0.613. The molecule has 0 saturated carbocycles. The molecular weight excluding hydrogens is 256 g/mol. The zero-order valence-electron chi connectivity index (χ0n) is 11.5. The number of nitrogens with zero attached hydrogens (tertiary/aromatic N) is 2. The number of rotatable bonds is 4. The van der Waals surface area contributed by atoms with Gasteiger partial charge >= 0.3 is 11.1 Å². The largest absolute Gasteiger partial charge is 0.495 e. The Balaban J connectivity index is 2.68. The minimum absolute atomic E-state index is 0.305. The smallest absolute Gasteiger partial charge is 0.321 e. The molecule has 0 amide bonds. The van der Waals surface area contributed by atoms with E-state index in [1.807, 2.05) is 13.0 Å². The van der Waals surface area contributed by atoms with Crippen molar-refractivity contribution in [3.8, 4) is 11.4 Å². The van der Waals surface area contributed by atoms with E-state index in [0.29, 0.717) is 18.0 Å². The lowest BCUT2D eigenvalue weighted by molar-refractivity contribution is 0.412. The van der Waals surface area contributed by atoms with Crippen LogP contribution in [0.5, 0.6) is 5.75 Å². The first-order valence-corrected chi connectivity index (χ1v) is 6.16. The molecule has 1 aromatic carbocycles. The first-order chi connectivity index (χ1) is 9.58. The van der Waals surface area contributed by atoms with E-state index in [9.17, 15) is 9.59 Å². The van der Waals surface area contributed by atoms with Crippen LogP contribution in [-0.2, 0) is 6.54 Å². The van der Waals surface area contributed by atoms with Gasteiger partial charge in [-0.1, -0.05) is 12.1 Å². The van der Waals surface area contributed by atoms with Gasteiger partial charge in [-0.25, -0.2) is 0 Å². The number of allylic oxidation sites excluding steroid dienone is 1. The Hall–Kier alpha value is -2.56. The molecule has 5 nitrogen and oxygen atoms in total. The third-order valence-electron chi connectivity index (χ3n) is 2.98. The van der Waals surface area contributed by atoms with E-state index in [-0.39, 0.29) is 0 Å². The Kier molecular flexibility index (Phi) is 3.89. The molecule has 0 atom stereocenters. The molecule has 0 aliphatic heterocycles. The second-order valence-corrected chi connectivity index (χ2v) is 4.39. The van der Waals surface area contributed by atoms with E-state index >= 15 is 0 Å². The summed E-state index contributed by atoms with van der Waals surface area (Å²) in [5, 5.41) is 0. The van der Waals surface area contributed by atoms with Crippen molar-refractivity contribution in [2.75, 3.05) is 7.11 Å². The summed E-state index contributed by atoms with van der Waals surface area (Å²) < 4.78 is 7.86. The van der Waals surface area contributed by atoms with Gasteiger partial charge in [-0.15, -0.1) is 6.58 Å². The molecule has 0 aliphatic rings. The Labute approximate surface area is 116 Å². The van der Waals surface area contributed by atoms with Crippen molar-refractivity contribution in [3.63, 3.8) is 0 Å². The van der Waals surface area contributed by atoms with Gasteiger partial charge in [0.1, 0.15) is 5.75 Å². The minimum Gasteiger partial charge on any atom is -0.495 e. The fraction of sp³-hybridized carbons (Fsp3) is 0.200. The molecule has 2 rings (SSSR count). The Morgan fingerprint density at radius 1 is 1.25 bits per heavy atom. The van der Waals surface area contributed by atoms with Gasteiger partial charge in [0.25, 0.3) is 0 Å². The van der Waals surface area contributed by atoms with Crippen molar-refractivity contribution >= 4 is 0 Å². The molecule has 0 aliphatic carbocycles. The van der Waals surface area contributed by atoms with Crippen molar-refractivity contribution in [2.45, 2.75) is 13.5 Å². The third-order valence-corrected chi connectivity index (χ3v) is 2.98. The molecule has 0 unspecified atom stereocenters. The maximum absolute atomic E-state index is 12.2. The van der Waals surface area contributed by atoms with Crippen molar-refractivity contribution in [3.05, 3.63) is 69.5 Å². The number of methoxy groups -OCH3 is 1. The van der Waals surface area contributed by atoms with Crippen LogP contribution in [0.15, 0.2) is 52.8 Å². The van der Waals surface area contributed by atoms with Gasteiger partial charge in [0, 0.05) is 18.9 Å². The molecule has 1 aromatic heterocycles. The standard InChI is InChI=1S/C15H16N2O3/c1-4-7-16-8-9-17(15(19)14(16)18)12-10-11(2)5-6-13(12)20-3/h4-6,8-10H,1,7H2,2-3H3. The molecule has 0 bridgehead atoms. The first-order valence-electron chi connectivity index (χ1n) is 6.16. The predicted octanol–water partition coefficient (Wildman–Crippen LogP) is 1.50. The number of hydrogen-bond donors (Lipinski definition) is 0. The van der Waals surface area contributed by atoms with E-state index in [1.54, 1.807) is 30.6 Å². The van der Waals surface area contributed by atoms with Crippen LogP contribution < -0.4 is 15.9 Å². The Morgan fingerprint density at radius 3 is 2.65 bits per heavy atom. The summed E-state index contributed by atoms with van der Waals surface area (Å²) in [5.74, 6) is 0.540. The topological polar surface area (TPSA) is 53.2 Å². The third kappa shape index (κ3) is 2.42. The molecule has 0 spiro atoms. The van der Waals surface area contributed by atoms with E-state index in [2.05, 4.69) is 6.58 Å². The van der Waals surface area contributed by atoms with Crippen LogP contribution in [0.25, 0.3) is 5.69 Å². The van der Waals surface area contributed by atoms with Gasteiger partial charge in [0.05, 0.1) is 12.8 Å². The highest BCUT2D eigenvalue weighted by molar-refractivity contribution is 5.48. The average molecular weight is 272 g/mol. The monoisotopic (exact) mass is 272 g/mol. The fourth-order valence-electron chi connectivity index (χ4n) is 1.97. The quantitative estimate of drug-likeness (QED) is 0.626. The highest BCUT2D eigenvalue weighted by Crippen LogP contribution is 2.22. The summed E-state index contributed by atoms with van der Waals surface area (Å²) in [6, 6.07) is 5.45. The lowest BCUT2D eigenvalue weighted by Gasteiger charge is -2.12.